The van der Waals surface area contributed by atoms with Gasteiger partial charge in [-0.1, -0.05) is 41.9 Å². The predicted molar refractivity (Wildman–Crippen MR) is 91.2 cm³/mol. The summed E-state index contributed by atoms with van der Waals surface area (Å²) in [6.45, 7) is 0.0388. The van der Waals surface area contributed by atoms with Crippen molar-refractivity contribution >= 4 is 29.4 Å². The topological polar surface area (TPSA) is 92.7 Å². The molecule has 0 unspecified atom stereocenters. The third kappa shape index (κ3) is 5.93. The van der Waals surface area contributed by atoms with E-state index in [2.05, 4.69) is 5.32 Å². The van der Waals surface area contributed by atoms with Gasteiger partial charge < -0.3 is 15.2 Å². The highest BCUT2D eigenvalue weighted by Gasteiger charge is 2.24. The number of carbonyl (C=O) groups is 3. The van der Waals surface area contributed by atoms with Crippen molar-refractivity contribution in [2.24, 2.45) is 0 Å². The lowest BCUT2D eigenvalue weighted by Gasteiger charge is -2.14. The van der Waals surface area contributed by atoms with E-state index in [9.17, 15) is 19.5 Å². The highest BCUT2D eigenvalue weighted by atomic mass is 35.5. The summed E-state index contributed by atoms with van der Waals surface area (Å²) in [4.78, 5) is 35.2. The Morgan fingerprint density at radius 1 is 1.04 bits per heavy atom. The zero-order valence-electron chi connectivity index (χ0n) is 13.1. The first kappa shape index (κ1) is 18.5. The van der Waals surface area contributed by atoms with Crippen LogP contribution < -0.4 is 5.32 Å². The Labute approximate surface area is 149 Å². The molecule has 0 heterocycles. The molecule has 2 aromatic carbocycles. The Morgan fingerprint density at radius 3 is 2.28 bits per heavy atom. The molecule has 1 atom stereocenters. The van der Waals surface area contributed by atoms with Gasteiger partial charge >= 0.3 is 11.9 Å². The average molecular weight is 362 g/mol. The first-order valence-corrected chi connectivity index (χ1v) is 7.82. The maximum atomic E-state index is 12.1. The number of carboxylic acids is 1. The molecule has 6 nitrogen and oxygen atoms in total. The molecule has 0 bridgehead atoms. The zero-order chi connectivity index (χ0) is 18.2. The largest absolute Gasteiger partial charge is 0.480 e. The van der Waals surface area contributed by atoms with E-state index in [-0.39, 0.29) is 12.2 Å². The summed E-state index contributed by atoms with van der Waals surface area (Å²) in [6, 6.07) is 13.6. The normalized spacial score (nSPS) is 11.4. The lowest BCUT2D eigenvalue weighted by molar-refractivity contribution is -0.150. The van der Waals surface area contributed by atoms with Crippen molar-refractivity contribution in [1.29, 1.82) is 0 Å². The van der Waals surface area contributed by atoms with E-state index in [1.54, 1.807) is 24.3 Å². The van der Waals surface area contributed by atoms with Crippen molar-refractivity contribution in [3.63, 3.8) is 0 Å². The van der Waals surface area contributed by atoms with Gasteiger partial charge in [0.2, 0.25) is 0 Å². The minimum Gasteiger partial charge on any atom is -0.480 e. The van der Waals surface area contributed by atoms with Crippen LogP contribution in [0, 0.1) is 0 Å². The molecule has 0 saturated carbocycles. The fraction of sp³-hybridized carbons (Fsp3) is 0.167. The first-order chi connectivity index (χ1) is 12.0. The highest BCUT2D eigenvalue weighted by Crippen LogP contribution is 2.10. The molecule has 0 aliphatic carbocycles. The maximum Gasteiger partial charge on any atom is 0.326 e. The quantitative estimate of drug-likeness (QED) is 0.739. The molecule has 0 aliphatic heterocycles. The molecule has 0 fully saturated rings. The van der Waals surface area contributed by atoms with Gasteiger partial charge in [0.1, 0.15) is 12.6 Å². The minimum absolute atomic E-state index is 0.0388. The number of benzene rings is 2. The summed E-state index contributed by atoms with van der Waals surface area (Å²) in [5.41, 5.74) is 1.03. The number of rotatable bonds is 7. The Balaban J connectivity index is 1.91. The monoisotopic (exact) mass is 361 g/mol. The van der Waals surface area contributed by atoms with Crippen LogP contribution in [0.4, 0.5) is 0 Å². The number of carboxylic acid groups (broad SMARTS) is 1. The predicted octanol–water partition coefficient (Wildman–Crippen LogP) is 2.66. The number of halogens is 1. The molecule has 0 radical (unpaired) electrons. The smallest absolute Gasteiger partial charge is 0.326 e. The van der Waals surface area contributed by atoms with Crippen LogP contribution in [0.3, 0.4) is 0 Å². The van der Waals surface area contributed by atoms with Gasteiger partial charge in [0, 0.05) is 10.6 Å². The van der Waals surface area contributed by atoms with Crippen LogP contribution in [0.5, 0.6) is 0 Å². The van der Waals surface area contributed by atoms with E-state index in [4.69, 9.17) is 16.3 Å². The van der Waals surface area contributed by atoms with Crippen LogP contribution >= 0.6 is 11.6 Å². The summed E-state index contributed by atoms with van der Waals surface area (Å²) in [5, 5.41) is 12.0. The number of aliphatic carboxylic acids is 1. The minimum atomic E-state index is -1.38. The first-order valence-electron chi connectivity index (χ1n) is 7.44. The van der Waals surface area contributed by atoms with Crippen LogP contribution in [-0.4, -0.2) is 29.0 Å². The van der Waals surface area contributed by atoms with E-state index in [0.717, 1.165) is 5.56 Å². The van der Waals surface area contributed by atoms with E-state index < -0.39 is 30.3 Å². The van der Waals surface area contributed by atoms with E-state index >= 15 is 0 Å². The number of hydrogen-bond donors (Lipinski definition) is 2. The van der Waals surface area contributed by atoms with Gasteiger partial charge in [-0.3, -0.25) is 9.59 Å². The Hall–Kier alpha value is -2.86. The molecule has 2 rings (SSSR count). The van der Waals surface area contributed by atoms with Gasteiger partial charge in [0.25, 0.3) is 5.91 Å². The SMILES string of the molecule is O=C(C[C@H](NC(=O)c1ccc(Cl)cc1)C(=O)O)OCc1ccccc1. The van der Waals surface area contributed by atoms with Crippen LogP contribution in [0.1, 0.15) is 22.3 Å². The number of esters is 1. The molecule has 7 heteroatoms. The Kier molecular flexibility index (Phi) is 6.54. The summed E-state index contributed by atoms with van der Waals surface area (Å²) >= 11 is 5.74. The second-order valence-electron chi connectivity index (χ2n) is 5.22. The molecule has 0 spiro atoms. The molecule has 2 aromatic rings. The van der Waals surface area contributed by atoms with Crippen molar-refractivity contribution < 1.29 is 24.2 Å². The number of amides is 1. The summed E-state index contributed by atoms with van der Waals surface area (Å²) in [6.07, 6.45) is -0.471. The molecular weight excluding hydrogens is 346 g/mol. The summed E-state index contributed by atoms with van der Waals surface area (Å²) in [7, 11) is 0. The number of carbonyl (C=O) groups excluding carboxylic acids is 2. The van der Waals surface area contributed by atoms with Crippen molar-refractivity contribution in [2.75, 3.05) is 0 Å². The van der Waals surface area contributed by atoms with Crippen LogP contribution in [0.15, 0.2) is 54.6 Å². The van der Waals surface area contributed by atoms with Gasteiger partial charge in [0.15, 0.2) is 0 Å². The van der Waals surface area contributed by atoms with Crippen molar-refractivity contribution in [2.45, 2.75) is 19.1 Å². The van der Waals surface area contributed by atoms with E-state index in [1.165, 1.54) is 24.3 Å². The summed E-state index contributed by atoms with van der Waals surface area (Å²) in [5.74, 6) is -2.65. The Bertz CT molecular complexity index is 746. The van der Waals surface area contributed by atoms with Crippen molar-refractivity contribution in [1.82, 2.24) is 5.32 Å². The van der Waals surface area contributed by atoms with Crippen LogP contribution in [0.2, 0.25) is 5.02 Å². The summed E-state index contributed by atoms with van der Waals surface area (Å²) < 4.78 is 5.04. The third-order valence-corrected chi connectivity index (χ3v) is 3.58. The number of ether oxygens (including phenoxy) is 1. The molecule has 0 saturated heterocycles. The number of nitrogens with one attached hydrogen (secondary N) is 1. The molecular formula is C18H16ClNO5. The van der Waals surface area contributed by atoms with E-state index in [0.29, 0.717) is 5.02 Å². The number of hydrogen-bond acceptors (Lipinski definition) is 4. The average Bonchev–Trinajstić information content (AvgIpc) is 2.60. The molecule has 2 N–H and O–H groups in total. The van der Waals surface area contributed by atoms with Crippen LogP contribution in [-0.2, 0) is 20.9 Å². The van der Waals surface area contributed by atoms with Gasteiger partial charge in [-0.15, -0.1) is 0 Å². The lowest BCUT2D eigenvalue weighted by atomic mass is 10.1. The molecule has 130 valence electrons. The Morgan fingerprint density at radius 2 is 1.68 bits per heavy atom. The highest BCUT2D eigenvalue weighted by molar-refractivity contribution is 6.30. The van der Waals surface area contributed by atoms with E-state index in [1.807, 2.05) is 6.07 Å². The molecule has 1 amide bonds. The van der Waals surface area contributed by atoms with Crippen molar-refractivity contribution in [3.05, 3.63) is 70.7 Å². The third-order valence-electron chi connectivity index (χ3n) is 3.32. The van der Waals surface area contributed by atoms with Crippen molar-refractivity contribution in [3.8, 4) is 0 Å². The second kappa shape index (κ2) is 8.84. The van der Waals surface area contributed by atoms with Crippen LogP contribution in [0.25, 0.3) is 0 Å². The fourth-order valence-corrected chi connectivity index (χ4v) is 2.13. The van der Waals surface area contributed by atoms with Gasteiger partial charge in [0.05, 0.1) is 6.42 Å². The second-order valence-corrected chi connectivity index (χ2v) is 5.66. The maximum absolute atomic E-state index is 12.1. The zero-order valence-corrected chi connectivity index (χ0v) is 13.9. The van der Waals surface area contributed by atoms with Gasteiger partial charge in [-0.25, -0.2) is 4.79 Å². The van der Waals surface area contributed by atoms with Gasteiger partial charge in [-0.05, 0) is 29.8 Å². The fourth-order valence-electron chi connectivity index (χ4n) is 2.01. The standard InChI is InChI=1S/C18H16ClNO5/c19-14-8-6-13(7-9-14)17(22)20-15(18(23)24)10-16(21)25-11-12-4-2-1-3-5-12/h1-9,15H,10-11H2,(H,20,22)(H,23,24)/t15-/m0/s1. The molecule has 0 aliphatic rings. The lowest BCUT2D eigenvalue weighted by Crippen LogP contribution is -2.42. The van der Waals surface area contributed by atoms with Gasteiger partial charge in [-0.2, -0.15) is 0 Å². The molecule has 0 aromatic heterocycles. The molecule has 25 heavy (non-hydrogen) atoms.